The number of hydrogen-bond donors (Lipinski definition) is 0. The van der Waals surface area contributed by atoms with E-state index in [4.69, 9.17) is 4.52 Å². The zero-order valence-corrected chi connectivity index (χ0v) is 12.1. The van der Waals surface area contributed by atoms with Crippen LogP contribution in [-0.2, 0) is 11.2 Å². The van der Waals surface area contributed by atoms with E-state index >= 15 is 0 Å². The normalized spacial score (nSPS) is 14.6. The molecule has 0 saturated heterocycles. The lowest BCUT2D eigenvalue weighted by atomic mass is 10.1. The first-order valence-corrected chi connectivity index (χ1v) is 7.04. The average molecular weight is 321 g/mol. The number of halogens is 1. The number of benzene rings is 1. The molecule has 1 fully saturated rings. The van der Waals surface area contributed by atoms with Gasteiger partial charge in [0.2, 0.25) is 11.7 Å². The number of aryl methyl sites for hydroxylation is 1. The van der Waals surface area contributed by atoms with Gasteiger partial charge in [0, 0.05) is 16.0 Å². The monoisotopic (exact) mass is 320 g/mol. The number of hydrogen-bond acceptors (Lipinski definition) is 4. The van der Waals surface area contributed by atoms with Crippen molar-refractivity contribution in [2.45, 2.75) is 26.2 Å². The van der Waals surface area contributed by atoms with Gasteiger partial charge in [-0.1, -0.05) is 33.2 Å². The maximum absolute atomic E-state index is 11.7. The summed E-state index contributed by atoms with van der Waals surface area (Å²) >= 11 is 3.48. The summed E-state index contributed by atoms with van der Waals surface area (Å²) in [5, 5.41) is 3.93. The summed E-state index contributed by atoms with van der Waals surface area (Å²) in [4.78, 5) is 16.0. The summed E-state index contributed by atoms with van der Waals surface area (Å²) in [7, 11) is 0. The van der Waals surface area contributed by atoms with Crippen LogP contribution in [0.5, 0.6) is 0 Å². The Morgan fingerprint density at radius 2 is 2.26 bits per heavy atom. The first kappa shape index (κ1) is 12.5. The fourth-order valence-corrected chi connectivity index (χ4v) is 2.25. The Labute approximate surface area is 119 Å². The van der Waals surface area contributed by atoms with Gasteiger partial charge in [0.15, 0.2) is 0 Å². The molecule has 1 aliphatic rings. The fraction of sp³-hybridized carbons (Fsp3) is 0.357. The number of rotatable bonds is 4. The van der Waals surface area contributed by atoms with Gasteiger partial charge in [-0.3, -0.25) is 4.79 Å². The minimum absolute atomic E-state index is 0.209. The predicted molar refractivity (Wildman–Crippen MR) is 73.6 cm³/mol. The minimum Gasteiger partial charge on any atom is -0.339 e. The van der Waals surface area contributed by atoms with Crippen LogP contribution in [0, 0.1) is 12.8 Å². The van der Waals surface area contributed by atoms with Crippen molar-refractivity contribution in [2.24, 2.45) is 5.92 Å². The highest BCUT2D eigenvalue weighted by atomic mass is 79.9. The average Bonchev–Trinajstić information content (AvgIpc) is 3.14. The number of carbonyl (C=O) groups excluding carboxylic acids is 1. The molecule has 0 spiro atoms. The van der Waals surface area contributed by atoms with Gasteiger partial charge in [-0.15, -0.1) is 0 Å². The molecule has 0 atom stereocenters. The second-order valence-electron chi connectivity index (χ2n) is 4.89. The molecule has 2 aromatic rings. The lowest BCUT2D eigenvalue weighted by Crippen LogP contribution is -2.04. The van der Waals surface area contributed by atoms with Crippen LogP contribution in [0.3, 0.4) is 0 Å². The highest BCUT2D eigenvalue weighted by Crippen LogP contribution is 2.31. The first-order valence-electron chi connectivity index (χ1n) is 6.25. The van der Waals surface area contributed by atoms with Crippen LogP contribution in [0.2, 0.25) is 0 Å². The van der Waals surface area contributed by atoms with Crippen LogP contribution < -0.4 is 0 Å². The number of Topliss-reactive ketones (excluding diaryl/α,β-unsaturated/α-hetero) is 1. The molecule has 4 nitrogen and oxygen atoms in total. The van der Waals surface area contributed by atoms with Crippen LogP contribution in [0.15, 0.2) is 27.2 Å². The van der Waals surface area contributed by atoms with Crippen LogP contribution in [-0.4, -0.2) is 15.9 Å². The van der Waals surface area contributed by atoms with Crippen molar-refractivity contribution < 1.29 is 9.32 Å². The molecule has 3 rings (SSSR count). The second kappa shape index (κ2) is 4.89. The Hall–Kier alpha value is -1.49. The molecule has 0 amide bonds. The van der Waals surface area contributed by atoms with Gasteiger partial charge in [-0.25, -0.2) is 0 Å². The van der Waals surface area contributed by atoms with Gasteiger partial charge in [0.25, 0.3) is 0 Å². The molecule has 0 aliphatic heterocycles. The van der Waals surface area contributed by atoms with Crippen LogP contribution in [0.4, 0.5) is 0 Å². The molecule has 1 saturated carbocycles. The second-order valence-corrected chi connectivity index (χ2v) is 5.75. The standard InChI is InChI=1S/C14H13BrN2O2/c1-8-2-3-10(6-11(8)15)14-16-13(19-17-14)7-12(18)9-4-5-9/h2-3,6,9H,4-5,7H2,1H3. The van der Waals surface area contributed by atoms with E-state index in [2.05, 4.69) is 26.1 Å². The molecule has 1 aromatic carbocycles. The molecule has 0 unspecified atom stereocenters. The maximum Gasteiger partial charge on any atom is 0.234 e. The third kappa shape index (κ3) is 2.76. The van der Waals surface area contributed by atoms with Crippen molar-refractivity contribution in [3.63, 3.8) is 0 Å². The lowest BCUT2D eigenvalue weighted by Gasteiger charge is -1.99. The molecule has 1 aliphatic carbocycles. The molecular weight excluding hydrogens is 308 g/mol. The van der Waals surface area contributed by atoms with E-state index in [0.717, 1.165) is 28.4 Å². The molecular formula is C14H13BrN2O2. The summed E-state index contributed by atoms with van der Waals surface area (Å²) in [5.74, 6) is 1.37. The van der Waals surface area contributed by atoms with Gasteiger partial charge >= 0.3 is 0 Å². The third-order valence-corrected chi connectivity index (χ3v) is 4.11. The molecule has 19 heavy (non-hydrogen) atoms. The fourth-order valence-electron chi connectivity index (χ4n) is 1.87. The van der Waals surface area contributed by atoms with Crippen molar-refractivity contribution in [1.82, 2.24) is 10.1 Å². The maximum atomic E-state index is 11.7. The Bertz CT molecular complexity index is 632. The molecule has 0 N–H and O–H groups in total. The number of ketones is 1. The predicted octanol–water partition coefficient (Wildman–Crippen LogP) is 3.33. The largest absolute Gasteiger partial charge is 0.339 e. The Kier molecular flexibility index (Phi) is 3.22. The van der Waals surface area contributed by atoms with Crippen molar-refractivity contribution in [1.29, 1.82) is 0 Å². The Morgan fingerprint density at radius 1 is 1.47 bits per heavy atom. The van der Waals surface area contributed by atoms with Gasteiger partial charge in [-0.05, 0) is 31.4 Å². The smallest absolute Gasteiger partial charge is 0.234 e. The molecule has 1 aromatic heterocycles. The SMILES string of the molecule is Cc1ccc(-c2noc(CC(=O)C3CC3)n2)cc1Br. The summed E-state index contributed by atoms with van der Waals surface area (Å²) in [6, 6.07) is 5.88. The molecule has 98 valence electrons. The minimum atomic E-state index is 0.209. The Morgan fingerprint density at radius 3 is 2.95 bits per heavy atom. The zero-order chi connectivity index (χ0) is 13.4. The van der Waals surface area contributed by atoms with E-state index in [1.807, 2.05) is 25.1 Å². The lowest BCUT2D eigenvalue weighted by molar-refractivity contribution is -0.119. The quantitative estimate of drug-likeness (QED) is 0.867. The van der Waals surface area contributed by atoms with Crippen molar-refractivity contribution in [2.75, 3.05) is 0 Å². The summed E-state index contributed by atoms with van der Waals surface area (Å²) in [6.07, 6.45) is 2.26. The van der Waals surface area contributed by atoms with E-state index < -0.39 is 0 Å². The van der Waals surface area contributed by atoms with E-state index in [9.17, 15) is 4.79 Å². The van der Waals surface area contributed by atoms with Gasteiger partial charge < -0.3 is 4.52 Å². The summed E-state index contributed by atoms with van der Waals surface area (Å²) in [5.41, 5.74) is 2.03. The summed E-state index contributed by atoms with van der Waals surface area (Å²) in [6.45, 7) is 2.02. The van der Waals surface area contributed by atoms with Crippen LogP contribution in [0.25, 0.3) is 11.4 Å². The van der Waals surface area contributed by atoms with Crippen LogP contribution in [0.1, 0.15) is 24.3 Å². The van der Waals surface area contributed by atoms with Crippen LogP contribution >= 0.6 is 15.9 Å². The summed E-state index contributed by atoms with van der Waals surface area (Å²) < 4.78 is 6.15. The van der Waals surface area contributed by atoms with E-state index in [-0.39, 0.29) is 18.1 Å². The topological polar surface area (TPSA) is 56.0 Å². The van der Waals surface area contributed by atoms with E-state index in [1.54, 1.807) is 0 Å². The van der Waals surface area contributed by atoms with E-state index in [1.165, 1.54) is 0 Å². The Balaban J connectivity index is 1.79. The highest BCUT2D eigenvalue weighted by molar-refractivity contribution is 9.10. The number of nitrogens with zero attached hydrogens (tertiary/aromatic N) is 2. The third-order valence-electron chi connectivity index (χ3n) is 3.26. The first-order chi connectivity index (χ1) is 9.13. The molecule has 5 heteroatoms. The molecule has 0 bridgehead atoms. The van der Waals surface area contributed by atoms with Gasteiger partial charge in [0.05, 0.1) is 6.42 Å². The van der Waals surface area contributed by atoms with Crippen molar-refractivity contribution in [3.05, 3.63) is 34.1 Å². The molecule has 0 radical (unpaired) electrons. The molecule has 1 heterocycles. The number of carbonyl (C=O) groups is 1. The van der Waals surface area contributed by atoms with Gasteiger partial charge in [-0.2, -0.15) is 4.98 Å². The van der Waals surface area contributed by atoms with Crippen molar-refractivity contribution in [3.8, 4) is 11.4 Å². The van der Waals surface area contributed by atoms with Crippen molar-refractivity contribution >= 4 is 21.7 Å². The van der Waals surface area contributed by atoms with Gasteiger partial charge in [0.1, 0.15) is 5.78 Å². The highest BCUT2D eigenvalue weighted by Gasteiger charge is 2.30. The zero-order valence-electron chi connectivity index (χ0n) is 10.5. The van der Waals surface area contributed by atoms with E-state index in [0.29, 0.717) is 11.7 Å². The number of aromatic nitrogens is 2.